The Balaban J connectivity index is 1.69. The predicted molar refractivity (Wildman–Crippen MR) is 128 cm³/mol. The van der Waals surface area contributed by atoms with Gasteiger partial charge in [0.2, 0.25) is 0 Å². The Morgan fingerprint density at radius 1 is 0.844 bits per heavy atom. The molecular formula is C26H32N4O2. The number of aryl methyl sites for hydroxylation is 2. The molecule has 32 heavy (non-hydrogen) atoms. The molecule has 0 spiro atoms. The molecule has 1 aliphatic heterocycles. The van der Waals surface area contributed by atoms with Crippen molar-refractivity contribution in [1.82, 2.24) is 14.0 Å². The van der Waals surface area contributed by atoms with Crippen molar-refractivity contribution in [3.63, 3.8) is 0 Å². The number of benzene rings is 2. The number of nitrogens with zero attached hydrogens (tertiary/aromatic N) is 3. The van der Waals surface area contributed by atoms with Crippen molar-refractivity contribution in [3.05, 3.63) is 103 Å². The lowest BCUT2D eigenvalue weighted by molar-refractivity contribution is 0.235. The molecule has 6 nitrogen and oxygen atoms in total. The van der Waals surface area contributed by atoms with Crippen LogP contribution in [-0.4, -0.2) is 27.1 Å². The summed E-state index contributed by atoms with van der Waals surface area (Å²) in [4.78, 5) is 29.1. The van der Waals surface area contributed by atoms with Crippen molar-refractivity contribution in [2.45, 2.75) is 52.9 Å². The third-order valence-electron chi connectivity index (χ3n) is 6.26. The molecule has 2 aromatic carbocycles. The Morgan fingerprint density at radius 3 is 2.03 bits per heavy atom. The minimum Gasteiger partial charge on any atom is -0.330 e. The smallest absolute Gasteiger partial charge is 0.330 e. The molecule has 0 amide bonds. The molecule has 0 radical (unpaired) electrons. The van der Waals surface area contributed by atoms with Crippen LogP contribution in [0.5, 0.6) is 0 Å². The summed E-state index contributed by atoms with van der Waals surface area (Å²) in [6.07, 6.45) is 1.41. The first-order valence-electron chi connectivity index (χ1n) is 11.3. The summed E-state index contributed by atoms with van der Waals surface area (Å²) in [5, 5.41) is 0. The number of rotatable bonds is 7. The Morgan fingerprint density at radius 2 is 1.44 bits per heavy atom. The van der Waals surface area contributed by atoms with Gasteiger partial charge in [0.05, 0.1) is 12.1 Å². The lowest BCUT2D eigenvalue weighted by Gasteiger charge is -2.30. The van der Waals surface area contributed by atoms with Crippen LogP contribution >= 0.6 is 0 Å². The molecule has 6 heteroatoms. The van der Waals surface area contributed by atoms with Crippen LogP contribution in [0, 0.1) is 13.8 Å². The Kier molecular flexibility index (Phi) is 6.72. The molecule has 0 saturated heterocycles. The molecule has 4 rings (SSSR count). The highest BCUT2D eigenvalue weighted by Crippen LogP contribution is 2.18. The van der Waals surface area contributed by atoms with E-state index < -0.39 is 0 Å². The van der Waals surface area contributed by atoms with Crippen molar-refractivity contribution < 1.29 is 0 Å². The van der Waals surface area contributed by atoms with Crippen LogP contribution in [0.4, 0.5) is 0 Å². The lowest BCUT2D eigenvalue weighted by atomic mass is 10.0. The lowest BCUT2D eigenvalue weighted by Crippen LogP contribution is -2.47. The highest BCUT2D eigenvalue weighted by Gasteiger charge is 2.25. The summed E-state index contributed by atoms with van der Waals surface area (Å²) < 4.78 is 3.19. The van der Waals surface area contributed by atoms with E-state index in [9.17, 15) is 9.59 Å². The van der Waals surface area contributed by atoms with E-state index in [0.29, 0.717) is 32.5 Å². The van der Waals surface area contributed by atoms with Crippen molar-refractivity contribution in [2.24, 2.45) is 5.73 Å². The average Bonchev–Trinajstić information content (AvgIpc) is 2.80. The van der Waals surface area contributed by atoms with Gasteiger partial charge in [0, 0.05) is 38.3 Å². The van der Waals surface area contributed by atoms with E-state index in [1.54, 1.807) is 4.57 Å². The Labute approximate surface area is 188 Å². The average molecular weight is 433 g/mol. The number of hydrogen-bond donors (Lipinski definition) is 1. The number of aromatic nitrogens is 2. The molecule has 0 bridgehead atoms. The van der Waals surface area contributed by atoms with Gasteiger partial charge >= 0.3 is 5.69 Å². The molecule has 0 fully saturated rings. The van der Waals surface area contributed by atoms with E-state index in [1.807, 2.05) is 31.2 Å². The zero-order valence-electron chi connectivity index (χ0n) is 19.0. The van der Waals surface area contributed by atoms with E-state index in [0.717, 1.165) is 35.5 Å². The normalized spacial score (nSPS) is 13.8. The van der Waals surface area contributed by atoms with Crippen molar-refractivity contribution in [2.75, 3.05) is 13.1 Å². The van der Waals surface area contributed by atoms with E-state index in [2.05, 4.69) is 36.1 Å². The second kappa shape index (κ2) is 9.67. The molecule has 0 aliphatic carbocycles. The fourth-order valence-corrected chi connectivity index (χ4v) is 4.39. The maximum atomic E-state index is 13.5. The molecule has 168 valence electrons. The fraction of sp³-hybridized carbons (Fsp3) is 0.385. The minimum absolute atomic E-state index is 0.164. The first-order chi connectivity index (χ1) is 15.5. The van der Waals surface area contributed by atoms with Crippen LogP contribution in [0.25, 0.3) is 0 Å². The highest BCUT2D eigenvalue weighted by molar-refractivity contribution is 5.26. The molecular weight excluding hydrogens is 400 g/mol. The Bertz CT molecular complexity index is 1190. The zero-order chi connectivity index (χ0) is 22.7. The summed E-state index contributed by atoms with van der Waals surface area (Å²) in [6.45, 7) is 7.62. The van der Waals surface area contributed by atoms with Gasteiger partial charge in [0.15, 0.2) is 0 Å². The molecule has 2 heterocycles. The summed E-state index contributed by atoms with van der Waals surface area (Å²) in [5.41, 5.74) is 11.5. The van der Waals surface area contributed by atoms with E-state index in [4.69, 9.17) is 5.73 Å². The van der Waals surface area contributed by atoms with Gasteiger partial charge in [-0.05, 0) is 37.9 Å². The third-order valence-corrected chi connectivity index (χ3v) is 6.26. The van der Waals surface area contributed by atoms with Crippen LogP contribution in [0.2, 0.25) is 0 Å². The highest BCUT2D eigenvalue weighted by atomic mass is 16.2. The molecule has 3 aromatic rings. The zero-order valence-corrected chi connectivity index (χ0v) is 19.0. The standard InChI is InChI=1S/C26H32N4O2/c1-19-4-8-21(9-5-19)16-28-15-12-24-23(18-28)25(31)30(26(32)29(24)14-3-13-27)17-22-10-6-20(2)7-11-22/h4-11H,3,12-18,27H2,1-2H3. The maximum Gasteiger partial charge on any atom is 0.331 e. The summed E-state index contributed by atoms with van der Waals surface area (Å²) >= 11 is 0. The quantitative estimate of drug-likeness (QED) is 0.623. The van der Waals surface area contributed by atoms with Gasteiger partial charge in [0.25, 0.3) is 5.56 Å². The van der Waals surface area contributed by atoms with Gasteiger partial charge in [-0.3, -0.25) is 18.8 Å². The number of nitrogens with two attached hydrogens (primary N) is 1. The van der Waals surface area contributed by atoms with Crippen molar-refractivity contribution in [1.29, 1.82) is 0 Å². The Hall–Kier alpha value is -2.96. The molecule has 1 aromatic heterocycles. The van der Waals surface area contributed by atoms with Crippen molar-refractivity contribution >= 4 is 0 Å². The third kappa shape index (κ3) is 4.76. The summed E-state index contributed by atoms with van der Waals surface area (Å²) in [5.74, 6) is 0. The van der Waals surface area contributed by atoms with Crippen LogP contribution in [0.3, 0.4) is 0 Å². The van der Waals surface area contributed by atoms with E-state index >= 15 is 0 Å². The SMILES string of the molecule is Cc1ccc(CN2CCc3c(c(=O)n(Cc4ccc(C)cc4)c(=O)n3CCCN)C2)cc1. The van der Waals surface area contributed by atoms with E-state index in [1.165, 1.54) is 15.7 Å². The van der Waals surface area contributed by atoms with Gasteiger partial charge in [-0.2, -0.15) is 0 Å². The van der Waals surface area contributed by atoms with Gasteiger partial charge in [-0.15, -0.1) is 0 Å². The summed E-state index contributed by atoms with van der Waals surface area (Å²) in [7, 11) is 0. The molecule has 0 atom stereocenters. The van der Waals surface area contributed by atoms with E-state index in [-0.39, 0.29) is 17.8 Å². The topological polar surface area (TPSA) is 73.3 Å². The second-order valence-electron chi connectivity index (χ2n) is 8.82. The first-order valence-corrected chi connectivity index (χ1v) is 11.3. The monoisotopic (exact) mass is 432 g/mol. The van der Waals surface area contributed by atoms with Gasteiger partial charge in [0.1, 0.15) is 0 Å². The summed E-state index contributed by atoms with van der Waals surface area (Å²) in [6, 6.07) is 16.5. The van der Waals surface area contributed by atoms with Crippen LogP contribution < -0.4 is 17.0 Å². The maximum absolute atomic E-state index is 13.5. The van der Waals surface area contributed by atoms with Gasteiger partial charge < -0.3 is 5.73 Å². The van der Waals surface area contributed by atoms with Gasteiger partial charge in [-0.1, -0.05) is 59.7 Å². The first kappa shape index (κ1) is 22.2. The number of hydrogen-bond acceptors (Lipinski definition) is 4. The van der Waals surface area contributed by atoms with Gasteiger partial charge in [-0.25, -0.2) is 4.79 Å². The number of fused-ring (bicyclic) bond motifs is 1. The largest absolute Gasteiger partial charge is 0.331 e. The minimum atomic E-state index is -0.227. The fourth-order valence-electron chi connectivity index (χ4n) is 4.39. The van der Waals surface area contributed by atoms with Crippen LogP contribution in [0.1, 0.15) is 39.9 Å². The molecule has 1 aliphatic rings. The predicted octanol–water partition coefficient (Wildman–Crippen LogP) is 2.58. The van der Waals surface area contributed by atoms with Crippen LogP contribution in [-0.2, 0) is 32.6 Å². The second-order valence-corrected chi connectivity index (χ2v) is 8.82. The molecule has 2 N–H and O–H groups in total. The molecule has 0 unspecified atom stereocenters. The van der Waals surface area contributed by atoms with Crippen molar-refractivity contribution in [3.8, 4) is 0 Å². The van der Waals surface area contributed by atoms with Crippen LogP contribution in [0.15, 0.2) is 58.1 Å². The molecule has 0 saturated carbocycles.